The number of methoxy groups -OCH3 is 2. The molecular formula is C17H22O7. The Hall–Kier alpha value is -2.57. The lowest BCUT2D eigenvalue weighted by Crippen LogP contribution is -2.14. The van der Waals surface area contributed by atoms with Crippen molar-refractivity contribution >= 4 is 17.9 Å². The zero-order valence-electron chi connectivity index (χ0n) is 14.3. The Balaban J connectivity index is 3.10. The van der Waals surface area contributed by atoms with E-state index in [0.29, 0.717) is 16.9 Å². The van der Waals surface area contributed by atoms with Crippen molar-refractivity contribution in [3.63, 3.8) is 0 Å². The molecule has 0 amide bonds. The van der Waals surface area contributed by atoms with E-state index in [0.717, 1.165) is 0 Å². The van der Waals surface area contributed by atoms with E-state index in [9.17, 15) is 14.4 Å². The van der Waals surface area contributed by atoms with Crippen molar-refractivity contribution in [3.05, 3.63) is 29.3 Å². The second kappa shape index (κ2) is 9.54. The molecule has 0 aliphatic heterocycles. The molecule has 7 heteroatoms. The van der Waals surface area contributed by atoms with Gasteiger partial charge in [0.2, 0.25) is 0 Å². The predicted molar refractivity (Wildman–Crippen MR) is 84.2 cm³/mol. The largest absolute Gasteiger partial charge is 0.497 e. The summed E-state index contributed by atoms with van der Waals surface area (Å²) in [4.78, 5) is 33.9. The second-order valence-corrected chi connectivity index (χ2v) is 5.06. The first-order valence-electron chi connectivity index (χ1n) is 7.41. The van der Waals surface area contributed by atoms with Crippen LogP contribution in [0.1, 0.15) is 43.9 Å². The summed E-state index contributed by atoms with van der Waals surface area (Å²) in [5.74, 6) is -0.723. The topological polar surface area (TPSA) is 88.1 Å². The molecule has 1 aromatic rings. The molecule has 0 heterocycles. The Bertz CT molecular complexity index is 595. The molecule has 0 N–H and O–H groups in total. The van der Waals surface area contributed by atoms with Gasteiger partial charge in [-0.2, -0.15) is 0 Å². The molecule has 0 radical (unpaired) electrons. The summed E-state index contributed by atoms with van der Waals surface area (Å²) in [5, 5.41) is 0. The lowest BCUT2D eigenvalue weighted by atomic mass is 9.98. The first-order valence-corrected chi connectivity index (χ1v) is 7.41. The Labute approximate surface area is 140 Å². The lowest BCUT2D eigenvalue weighted by molar-refractivity contribution is -0.150. The average molecular weight is 338 g/mol. The van der Waals surface area contributed by atoms with Crippen LogP contribution in [-0.4, -0.2) is 32.1 Å². The molecule has 0 aliphatic rings. The van der Waals surface area contributed by atoms with Crippen LogP contribution in [0.2, 0.25) is 0 Å². The molecule has 1 atom stereocenters. The fraction of sp³-hybridized carbons (Fsp3) is 0.471. The lowest BCUT2D eigenvalue weighted by Gasteiger charge is -2.20. The number of hydrogen-bond donors (Lipinski definition) is 0. The minimum absolute atomic E-state index is 0.0118. The molecule has 0 fully saturated rings. The molecule has 7 nitrogen and oxygen atoms in total. The molecule has 132 valence electrons. The molecule has 0 spiro atoms. The van der Waals surface area contributed by atoms with E-state index >= 15 is 0 Å². The Kier molecular flexibility index (Phi) is 7.74. The highest BCUT2D eigenvalue weighted by Crippen LogP contribution is 2.30. The highest BCUT2D eigenvalue weighted by molar-refractivity contribution is 5.69. The molecule has 0 saturated heterocycles. The van der Waals surface area contributed by atoms with E-state index in [1.54, 1.807) is 18.2 Å². The Morgan fingerprint density at radius 3 is 2.33 bits per heavy atom. The minimum atomic E-state index is -0.655. The first-order chi connectivity index (χ1) is 11.4. The van der Waals surface area contributed by atoms with Gasteiger partial charge in [0.05, 0.1) is 14.2 Å². The van der Waals surface area contributed by atoms with Crippen molar-refractivity contribution in [1.29, 1.82) is 0 Å². The van der Waals surface area contributed by atoms with Crippen LogP contribution in [0.15, 0.2) is 18.2 Å². The monoisotopic (exact) mass is 338 g/mol. The van der Waals surface area contributed by atoms with E-state index in [1.165, 1.54) is 28.1 Å². The number of hydrogen-bond acceptors (Lipinski definition) is 7. The zero-order valence-corrected chi connectivity index (χ0v) is 14.3. The average Bonchev–Trinajstić information content (AvgIpc) is 2.55. The van der Waals surface area contributed by atoms with Gasteiger partial charge in [0.1, 0.15) is 18.5 Å². The van der Waals surface area contributed by atoms with Gasteiger partial charge >= 0.3 is 17.9 Å². The molecule has 1 aromatic carbocycles. The predicted octanol–water partition coefficient (Wildman–Crippen LogP) is 2.32. The number of carbonyl (C=O) groups is 3. The maximum Gasteiger partial charge on any atom is 0.305 e. The normalized spacial score (nSPS) is 11.3. The van der Waals surface area contributed by atoms with Gasteiger partial charge in [0.25, 0.3) is 0 Å². The summed E-state index contributed by atoms with van der Waals surface area (Å²) in [6.45, 7) is 2.61. The summed E-state index contributed by atoms with van der Waals surface area (Å²) in [6, 6.07) is 5.14. The molecule has 1 rings (SSSR count). The van der Waals surface area contributed by atoms with Gasteiger partial charge < -0.3 is 18.9 Å². The molecule has 0 saturated carbocycles. The summed E-state index contributed by atoms with van der Waals surface area (Å²) < 4.78 is 20.2. The van der Waals surface area contributed by atoms with Crippen LogP contribution in [0.25, 0.3) is 0 Å². The summed E-state index contributed by atoms with van der Waals surface area (Å²) in [6.07, 6.45) is -0.308. The fourth-order valence-corrected chi connectivity index (χ4v) is 2.16. The van der Waals surface area contributed by atoms with E-state index in [2.05, 4.69) is 4.74 Å². The maximum atomic E-state index is 11.4. The molecule has 24 heavy (non-hydrogen) atoms. The third-order valence-corrected chi connectivity index (χ3v) is 3.27. The van der Waals surface area contributed by atoms with E-state index in [-0.39, 0.29) is 19.4 Å². The smallest absolute Gasteiger partial charge is 0.305 e. The Morgan fingerprint density at radius 2 is 1.79 bits per heavy atom. The summed E-state index contributed by atoms with van der Waals surface area (Å²) in [5.41, 5.74) is 1.29. The number of benzene rings is 1. The van der Waals surface area contributed by atoms with Crippen LogP contribution >= 0.6 is 0 Å². The van der Waals surface area contributed by atoms with Gasteiger partial charge in [-0.25, -0.2) is 0 Å². The molecule has 1 unspecified atom stereocenters. The standard InChI is InChI=1S/C17H22O7/c1-11(18)23-10-13-9-14(21-3)5-6-15(13)16(24-12(2)19)7-8-17(20)22-4/h5-6,9,16H,7-8,10H2,1-4H3. The number of esters is 3. The van der Waals surface area contributed by atoms with E-state index in [1.807, 2.05) is 0 Å². The number of carbonyl (C=O) groups excluding carboxylic acids is 3. The van der Waals surface area contributed by atoms with Gasteiger partial charge in [-0.05, 0) is 29.7 Å². The first kappa shape index (κ1) is 19.5. The second-order valence-electron chi connectivity index (χ2n) is 5.06. The van der Waals surface area contributed by atoms with Crippen molar-refractivity contribution in [2.75, 3.05) is 14.2 Å². The summed E-state index contributed by atoms with van der Waals surface area (Å²) >= 11 is 0. The van der Waals surface area contributed by atoms with Gasteiger partial charge in [-0.15, -0.1) is 0 Å². The van der Waals surface area contributed by atoms with Crippen LogP contribution < -0.4 is 4.74 Å². The highest BCUT2D eigenvalue weighted by atomic mass is 16.5. The van der Waals surface area contributed by atoms with Gasteiger partial charge in [0.15, 0.2) is 0 Å². The van der Waals surface area contributed by atoms with Crippen molar-refractivity contribution in [3.8, 4) is 5.75 Å². The highest BCUT2D eigenvalue weighted by Gasteiger charge is 2.21. The zero-order chi connectivity index (χ0) is 18.1. The van der Waals surface area contributed by atoms with Crippen LogP contribution in [0.4, 0.5) is 0 Å². The molecular weight excluding hydrogens is 316 g/mol. The van der Waals surface area contributed by atoms with Crippen LogP contribution in [0.5, 0.6) is 5.75 Å². The minimum Gasteiger partial charge on any atom is -0.497 e. The quantitative estimate of drug-likeness (QED) is 0.531. The van der Waals surface area contributed by atoms with Crippen LogP contribution in [0.3, 0.4) is 0 Å². The Morgan fingerprint density at radius 1 is 1.08 bits per heavy atom. The van der Waals surface area contributed by atoms with Crippen molar-refractivity contribution in [2.45, 2.75) is 39.4 Å². The van der Waals surface area contributed by atoms with Crippen LogP contribution in [0, 0.1) is 0 Å². The number of ether oxygens (including phenoxy) is 4. The fourth-order valence-electron chi connectivity index (χ4n) is 2.16. The third kappa shape index (κ3) is 6.28. The van der Waals surface area contributed by atoms with Crippen molar-refractivity contribution in [2.24, 2.45) is 0 Å². The molecule has 0 aromatic heterocycles. The molecule has 0 bridgehead atoms. The summed E-state index contributed by atoms with van der Waals surface area (Å²) in [7, 11) is 2.81. The van der Waals surface area contributed by atoms with E-state index in [4.69, 9.17) is 14.2 Å². The maximum absolute atomic E-state index is 11.4. The van der Waals surface area contributed by atoms with Crippen molar-refractivity contribution in [1.82, 2.24) is 0 Å². The SMILES string of the molecule is COC(=O)CCC(OC(C)=O)c1ccc(OC)cc1COC(C)=O. The van der Waals surface area contributed by atoms with Gasteiger partial charge in [0, 0.05) is 20.3 Å². The van der Waals surface area contributed by atoms with Gasteiger partial charge in [-0.1, -0.05) is 6.07 Å². The van der Waals surface area contributed by atoms with Crippen LogP contribution in [-0.2, 0) is 35.2 Å². The molecule has 0 aliphatic carbocycles. The van der Waals surface area contributed by atoms with Crippen molar-refractivity contribution < 1.29 is 33.3 Å². The van der Waals surface area contributed by atoms with E-state index < -0.39 is 24.0 Å². The third-order valence-electron chi connectivity index (χ3n) is 3.27. The number of rotatable bonds is 8. The van der Waals surface area contributed by atoms with Gasteiger partial charge in [-0.3, -0.25) is 14.4 Å².